The topological polar surface area (TPSA) is 17.8 Å². The van der Waals surface area contributed by atoms with E-state index in [-0.39, 0.29) is 0 Å². The Morgan fingerprint density at radius 1 is 1.20 bits per heavy atom. The van der Waals surface area contributed by atoms with Crippen molar-refractivity contribution in [2.24, 2.45) is 0 Å². The minimum atomic E-state index is 0.426. The number of aryl methyl sites for hydroxylation is 1. The summed E-state index contributed by atoms with van der Waals surface area (Å²) < 4.78 is 1.71. The highest BCUT2D eigenvalue weighted by atomic mass is 35.5. The molecule has 0 fully saturated rings. The minimum absolute atomic E-state index is 0.426. The molecule has 0 N–H and O–H groups in total. The van der Waals surface area contributed by atoms with E-state index in [1.54, 1.807) is 29.0 Å². The normalized spacial score (nSPS) is 10.7. The number of pyridine rings is 1. The number of nitrogens with zero attached hydrogens (tertiary/aromatic N) is 2. The van der Waals surface area contributed by atoms with Crippen LogP contribution in [0.3, 0.4) is 0 Å². The van der Waals surface area contributed by atoms with Crippen molar-refractivity contribution in [3.05, 3.63) is 45.3 Å². The van der Waals surface area contributed by atoms with Crippen LogP contribution in [0.25, 0.3) is 5.82 Å². The zero-order chi connectivity index (χ0) is 11.0. The summed E-state index contributed by atoms with van der Waals surface area (Å²) >= 11 is 18.0. The van der Waals surface area contributed by atoms with Crippen molar-refractivity contribution >= 4 is 34.8 Å². The Morgan fingerprint density at radius 3 is 2.47 bits per heavy atom. The predicted molar refractivity (Wildman–Crippen MR) is 63.3 cm³/mol. The molecule has 5 heteroatoms. The first-order valence-electron chi connectivity index (χ1n) is 4.25. The molecule has 0 unspecified atom stereocenters. The van der Waals surface area contributed by atoms with E-state index in [4.69, 9.17) is 34.8 Å². The molecule has 0 aliphatic rings. The fourth-order valence-corrected chi connectivity index (χ4v) is 2.09. The molecule has 0 amide bonds. The zero-order valence-corrected chi connectivity index (χ0v) is 10.1. The average molecular weight is 262 g/mol. The maximum absolute atomic E-state index is 6.05. The van der Waals surface area contributed by atoms with E-state index in [1.807, 2.05) is 6.92 Å². The van der Waals surface area contributed by atoms with Crippen molar-refractivity contribution in [1.29, 1.82) is 0 Å². The SMILES string of the molecule is Cc1cc(Cl)c(Cl)n1-c1ncccc1Cl. The first-order valence-corrected chi connectivity index (χ1v) is 5.39. The largest absolute Gasteiger partial charge is 0.287 e. The summed E-state index contributed by atoms with van der Waals surface area (Å²) in [6, 6.07) is 5.29. The Bertz CT molecular complexity index is 505. The third kappa shape index (κ3) is 1.85. The highest BCUT2D eigenvalue weighted by Crippen LogP contribution is 2.30. The van der Waals surface area contributed by atoms with Gasteiger partial charge in [-0.15, -0.1) is 0 Å². The second kappa shape index (κ2) is 4.05. The lowest BCUT2D eigenvalue weighted by atomic mass is 10.4. The van der Waals surface area contributed by atoms with Gasteiger partial charge in [0.15, 0.2) is 5.82 Å². The quantitative estimate of drug-likeness (QED) is 0.754. The van der Waals surface area contributed by atoms with Gasteiger partial charge in [-0.25, -0.2) is 4.98 Å². The first-order chi connectivity index (χ1) is 7.11. The maximum Gasteiger partial charge on any atom is 0.156 e. The van der Waals surface area contributed by atoms with Crippen molar-refractivity contribution in [3.63, 3.8) is 0 Å². The number of aromatic nitrogens is 2. The standard InChI is InChI=1S/C10H7Cl3N2/c1-6-5-8(12)9(13)15(6)10-7(11)3-2-4-14-10/h2-5H,1H3. The van der Waals surface area contributed by atoms with E-state index in [2.05, 4.69) is 4.98 Å². The summed E-state index contributed by atoms with van der Waals surface area (Å²) in [5.74, 6) is 0.591. The summed E-state index contributed by atoms with van der Waals surface area (Å²) in [7, 11) is 0. The average Bonchev–Trinajstić information content (AvgIpc) is 2.43. The van der Waals surface area contributed by atoms with Crippen LogP contribution in [0.2, 0.25) is 15.2 Å². The van der Waals surface area contributed by atoms with Gasteiger partial charge in [-0.2, -0.15) is 0 Å². The minimum Gasteiger partial charge on any atom is -0.287 e. The molecule has 2 heterocycles. The van der Waals surface area contributed by atoms with E-state index >= 15 is 0 Å². The van der Waals surface area contributed by atoms with Gasteiger partial charge in [0.1, 0.15) is 5.15 Å². The smallest absolute Gasteiger partial charge is 0.156 e. The van der Waals surface area contributed by atoms with Gasteiger partial charge in [0.25, 0.3) is 0 Å². The molecule has 0 atom stereocenters. The lowest BCUT2D eigenvalue weighted by Gasteiger charge is -2.08. The lowest BCUT2D eigenvalue weighted by molar-refractivity contribution is 0.963. The summed E-state index contributed by atoms with van der Waals surface area (Å²) in [5.41, 5.74) is 0.894. The third-order valence-electron chi connectivity index (χ3n) is 2.03. The highest BCUT2D eigenvalue weighted by Gasteiger charge is 2.13. The van der Waals surface area contributed by atoms with E-state index in [9.17, 15) is 0 Å². The molecule has 0 saturated carbocycles. The molecule has 2 aromatic rings. The van der Waals surface area contributed by atoms with Gasteiger partial charge in [0.2, 0.25) is 0 Å². The summed E-state index contributed by atoms with van der Waals surface area (Å²) in [6.45, 7) is 1.89. The monoisotopic (exact) mass is 260 g/mol. The molecule has 0 aromatic carbocycles. The Kier molecular flexibility index (Phi) is 2.91. The van der Waals surface area contributed by atoms with E-state index in [0.717, 1.165) is 5.69 Å². The van der Waals surface area contributed by atoms with Crippen LogP contribution in [0, 0.1) is 6.92 Å². The first kappa shape index (κ1) is 10.8. The molecule has 0 spiro atoms. The van der Waals surface area contributed by atoms with E-state index < -0.39 is 0 Å². The predicted octanol–water partition coefficient (Wildman–Crippen LogP) is 4.14. The number of hydrogen-bond donors (Lipinski definition) is 0. The molecule has 2 rings (SSSR count). The summed E-state index contributed by atoms with van der Waals surface area (Å²) in [4.78, 5) is 4.17. The van der Waals surface area contributed by atoms with E-state index in [0.29, 0.717) is 21.0 Å². The fraction of sp³-hybridized carbons (Fsp3) is 0.100. The molecule has 78 valence electrons. The highest BCUT2D eigenvalue weighted by molar-refractivity contribution is 6.42. The molecular weight excluding hydrogens is 254 g/mol. The molecule has 0 saturated heterocycles. The van der Waals surface area contributed by atoms with Crippen LogP contribution in [0.15, 0.2) is 24.4 Å². The van der Waals surface area contributed by atoms with Crippen molar-refractivity contribution in [3.8, 4) is 5.82 Å². The van der Waals surface area contributed by atoms with E-state index in [1.165, 1.54) is 0 Å². The molecule has 0 radical (unpaired) electrons. The summed E-state index contributed by atoms with van der Waals surface area (Å²) in [6.07, 6.45) is 1.66. The Balaban J connectivity index is 2.69. The lowest BCUT2D eigenvalue weighted by Crippen LogP contribution is -1.99. The van der Waals surface area contributed by atoms with Gasteiger partial charge in [-0.3, -0.25) is 4.57 Å². The van der Waals surface area contributed by atoms with Crippen LogP contribution in [0.1, 0.15) is 5.69 Å². The van der Waals surface area contributed by atoms with Crippen molar-refractivity contribution in [2.45, 2.75) is 6.92 Å². The van der Waals surface area contributed by atoms with Crippen molar-refractivity contribution < 1.29 is 0 Å². The van der Waals surface area contributed by atoms with Crippen LogP contribution in [-0.2, 0) is 0 Å². The Morgan fingerprint density at radius 2 is 1.93 bits per heavy atom. The van der Waals surface area contributed by atoms with Crippen LogP contribution in [-0.4, -0.2) is 9.55 Å². The second-order valence-corrected chi connectivity index (χ2v) is 4.24. The molecule has 0 aliphatic carbocycles. The van der Waals surface area contributed by atoms with Crippen molar-refractivity contribution in [1.82, 2.24) is 9.55 Å². The number of rotatable bonds is 1. The zero-order valence-electron chi connectivity index (χ0n) is 7.84. The van der Waals surface area contributed by atoms with Crippen LogP contribution < -0.4 is 0 Å². The van der Waals surface area contributed by atoms with Gasteiger partial charge in [-0.1, -0.05) is 34.8 Å². The molecule has 0 aliphatic heterocycles. The van der Waals surface area contributed by atoms with Gasteiger partial charge in [0, 0.05) is 11.9 Å². The molecule has 15 heavy (non-hydrogen) atoms. The van der Waals surface area contributed by atoms with Crippen LogP contribution in [0.4, 0.5) is 0 Å². The Labute approximate surface area is 102 Å². The maximum atomic E-state index is 6.05. The molecule has 2 nitrogen and oxygen atoms in total. The fourth-order valence-electron chi connectivity index (χ4n) is 1.37. The number of halogens is 3. The van der Waals surface area contributed by atoms with Crippen LogP contribution in [0.5, 0.6) is 0 Å². The molecular formula is C10H7Cl3N2. The van der Waals surface area contributed by atoms with Gasteiger partial charge in [0.05, 0.1) is 10.0 Å². The van der Waals surface area contributed by atoms with Gasteiger partial charge >= 0.3 is 0 Å². The molecule has 2 aromatic heterocycles. The molecule has 0 bridgehead atoms. The van der Waals surface area contributed by atoms with Crippen molar-refractivity contribution in [2.75, 3.05) is 0 Å². The number of hydrogen-bond acceptors (Lipinski definition) is 1. The second-order valence-electron chi connectivity index (χ2n) is 3.07. The third-order valence-corrected chi connectivity index (χ3v) is 3.09. The summed E-state index contributed by atoms with van der Waals surface area (Å²) in [5, 5.41) is 1.46. The Hall–Kier alpha value is -0.700. The van der Waals surface area contributed by atoms with Gasteiger partial charge < -0.3 is 0 Å². The van der Waals surface area contributed by atoms with Crippen LogP contribution >= 0.6 is 34.8 Å². The van der Waals surface area contributed by atoms with Gasteiger partial charge in [-0.05, 0) is 25.1 Å².